The van der Waals surface area contributed by atoms with Gasteiger partial charge in [0.25, 0.3) is 5.56 Å². The molecule has 2 aromatic heterocycles. The summed E-state index contributed by atoms with van der Waals surface area (Å²) in [5.74, 6) is 2.59. The second kappa shape index (κ2) is 9.76. The van der Waals surface area contributed by atoms with Crippen molar-refractivity contribution in [1.29, 1.82) is 0 Å². The second-order valence-electron chi connectivity index (χ2n) is 8.35. The number of rotatable bonds is 7. The van der Waals surface area contributed by atoms with Gasteiger partial charge in [0.15, 0.2) is 11.0 Å². The molecule has 0 aliphatic heterocycles. The molecule has 0 aliphatic rings. The van der Waals surface area contributed by atoms with Crippen LogP contribution in [0.3, 0.4) is 0 Å². The second-order valence-corrected chi connectivity index (χ2v) is 9.29. The van der Waals surface area contributed by atoms with Gasteiger partial charge in [-0.25, -0.2) is 4.98 Å². The molecule has 0 saturated heterocycles. The van der Waals surface area contributed by atoms with Crippen molar-refractivity contribution >= 4 is 22.7 Å². The van der Waals surface area contributed by atoms with E-state index in [-0.39, 0.29) is 12.2 Å². The zero-order chi connectivity index (χ0) is 24.4. The minimum absolute atomic E-state index is 0.137. The van der Waals surface area contributed by atoms with Gasteiger partial charge in [-0.15, -0.1) is 10.2 Å². The van der Waals surface area contributed by atoms with E-state index >= 15 is 0 Å². The molecule has 0 saturated carbocycles. The van der Waals surface area contributed by atoms with Crippen LogP contribution in [0, 0.1) is 20.8 Å². The smallest absolute Gasteiger partial charge is 0.258 e. The maximum Gasteiger partial charge on any atom is 0.258 e. The summed E-state index contributed by atoms with van der Waals surface area (Å²) in [6.45, 7) is 6.30. The van der Waals surface area contributed by atoms with Crippen LogP contribution in [0.5, 0.6) is 5.75 Å². The lowest BCUT2D eigenvalue weighted by Crippen LogP contribution is -2.12. The molecule has 0 bridgehead atoms. The number of aromatic nitrogens is 5. The topological polar surface area (TPSA) is 85.7 Å². The summed E-state index contributed by atoms with van der Waals surface area (Å²) in [6.07, 6.45) is 0. The number of benzene rings is 3. The fraction of sp³-hybridized carbons (Fsp3) is 0.185. The van der Waals surface area contributed by atoms with E-state index in [1.54, 1.807) is 6.07 Å². The van der Waals surface area contributed by atoms with E-state index in [1.807, 2.05) is 86.0 Å². The molecule has 0 amide bonds. The normalized spacial score (nSPS) is 11.2. The number of nitrogens with zero attached hydrogens (tertiary/aromatic N) is 4. The summed E-state index contributed by atoms with van der Waals surface area (Å²) < 4.78 is 8.17. The highest BCUT2D eigenvalue weighted by Gasteiger charge is 2.17. The van der Waals surface area contributed by atoms with Gasteiger partial charge in [0.05, 0.1) is 16.7 Å². The van der Waals surface area contributed by atoms with E-state index < -0.39 is 0 Å². The van der Waals surface area contributed by atoms with Gasteiger partial charge in [-0.1, -0.05) is 60.3 Å². The fourth-order valence-corrected chi connectivity index (χ4v) is 4.88. The Labute approximate surface area is 207 Å². The first kappa shape index (κ1) is 22.9. The highest BCUT2D eigenvalue weighted by Crippen LogP contribution is 2.27. The van der Waals surface area contributed by atoms with Crippen molar-refractivity contribution in [3.63, 3.8) is 0 Å². The Kier molecular flexibility index (Phi) is 6.37. The quantitative estimate of drug-likeness (QED) is 0.316. The number of hydrogen-bond donors (Lipinski definition) is 1. The van der Waals surface area contributed by atoms with Crippen LogP contribution in [0.15, 0.2) is 76.7 Å². The molecule has 5 rings (SSSR count). The molecular weight excluding hydrogens is 458 g/mol. The van der Waals surface area contributed by atoms with E-state index in [0.717, 1.165) is 33.6 Å². The van der Waals surface area contributed by atoms with Crippen molar-refractivity contribution in [2.45, 2.75) is 38.3 Å². The van der Waals surface area contributed by atoms with Crippen LogP contribution in [0.4, 0.5) is 0 Å². The number of aryl methyl sites for hydroxylation is 3. The summed E-state index contributed by atoms with van der Waals surface area (Å²) in [7, 11) is 0. The van der Waals surface area contributed by atoms with E-state index in [9.17, 15) is 4.79 Å². The van der Waals surface area contributed by atoms with Crippen LogP contribution in [0.1, 0.15) is 28.3 Å². The lowest BCUT2D eigenvalue weighted by molar-refractivity contribution is 0.289. The van der Waals surface area contributed by atoms with Crippen molar-refractivity contribution in [2.75, 3.05) is 0 Å². The average Bonchev–Trinajstić information content (AvgIpc) is 3.26. The molecule has 0 spiro atoms. The monoisotopic (exact) mass is 483 g/mol. The Bertz CT molecular complexity index is 1540. The third-order valence-corrected chi connectivity index (χ3v) is 6.73. The molecule has 176 valence electrons. The molecule has 0 unspecified atom stereocenters. The predicted molar refractivity (Wildman–Crippen MR) is 138 cm³/mol. The zero-order valence-electron chi connectivity index (χ0n) is 19.8. The van der Waals surface area contributed by atoms with Gasteiger partial charge in [-0.05, 0) is 55.7 Å². The molecule has 0 atom stereocenters. The summed E-state index contributed by atoms with van der Waals surface area (Å²) >= 11 is 1.47. The SMILES string of the molecule is Cc1cccc(C)c1OCc1nnc(SCc2nc3c(C)cccc3c(=O)[nH]2)n1-c1ccccc1. The van der Waals surface area contributed by atoms with E-state index in [0.29, 0.717) is 27.9 Å². The fourth-order valence-electron chi connectivity index (χ4n) is 4.04. The van der Waals surface area contributed by atoms with Crippen molar-refractivity contribution in [1.82, 2.24) is 24.7 Å². The first-order chi connectivity index (χ1) is 17.0. The zero-order valence-corrected chi connectivity index (χ0v) is 20.6. The molecule has 7 nitrogen and oxygen atoms in total. The summed E-state index contributed by atoms with van der Waals surface area (Å²) in [5.41, 5.74) is 4.65. The number of para-hydroxylation sites is 3. The first-order valence-corrected chi connectivity index (χ1v) is 12.3. The standard InChI is InChI=1S/C27H25N5O2S/c1-17-9-8-14-21-24(17)28-22(29-26(21)33)16-35-27-31-30-23(32(27)20-12-5-4-6-13-20)15-34-25-18(2)10-7-11-19(25)3/h4-14H,15-16H2,1-3H3,(H,28,29,33). The third kappa shape index (κ3) is 4.70. The van der Waals surface area contributed by atoms with Gasteiger partial charge in [0.2, 0.25) is 0 Å². The number of nitrogens with one attached hydrogen (secondary N) is 1. The molecule has 5 aromatic rings. The van der Waals surface area contributed by atoms with Crippen LogP contribution in [0.25, 0.3) is 16.6 Å². The molecule has 0 aliphatic carbocycles. The van der Waals surface area contributed by atoms with Gasteiger partial charge < -0.3 is 9.72 Å². The summed E-state index contributed by atoms with van der Waals surface area (Å²) in [5, 5.41) is 10.2. The molecule has 0 fully saturated rings. The minimum atomic E-state index is -0.137. The largest absolute Gasteiger partial charge is 0.485 e. The summed E-state index contributed by atoms with van der Waals surface area (Å²) in [6, 6.07) is 21.6. The van der Waals surface area contributed by atoms with Crippen LogP contribution >= 0.6 is 11.8 Å². The maximum absolute atomic E-state index is 12.6. The average molecular weight is 484 g/mol. The Hall–Kier alpha value is -3.91. The molecule has 8 heteroatoms. The van der Waals surface area contributed by atoms with Crippen LogP contribution in [-0.2, 0) is 12.4 Å². The number of ether oxygens (including phenoxy) is 1. The van der Waals surface area contributed by atoms with E-state index in [2.05, 4.69) is 15.2 Å². The molecule has 0 radical (unpaired) electrons. The third-order valence-electron chi connectivity index (χ3n) is 5.79. The van der Waals surface area contributed by atoms with E-state index in [1.165, 1.54) is 11.8 Å². The number of thioether (sulfide) groups is 1. The van der Waals surface area contributed by atoms with Gasteiger partial charge in [-0.3, -0.25) is 9.36 Å². The molecule has 2 heterocycles. The van der Waals surface area contributed by atoms with Crippen molar-refractivity contribution in [3.8, 4) is 11.4 Å². The lowest BCUT2D eigenvalue weighted by Gasteiger charge is -2.13. The molecule has 3 aromatic carbocycles. The number of hydrogen-bond acceptors (Lipinski definition) is 6. The van der Waals surface area contributed by atoms with E-state index in [4.69, 9.17) is 9.72 Å². The highest BCUT2D eigenvalue weighted by molar-refractivity contribution is 7.98. The van der Waals surface area contributed by atoms with Crippen molar-refractivity contribution in [3.05, 3.63) is 105 Å². The first-order valence-electron chi connectivity index (χ1n) is 11.3. The van der Waals surface area contributed by atoms with Gasteiger partial charge in [0.1, 0.15) is 18.2 Å². The number of aromatic amines is 1. The van der Waals surface area contributed by atoms with Gasteiger partial charge in [-0.2, -0.15) is 0 Å². The molecular formula is C27H25N5O2S. The Morgan fingerprint density at radius 1 is 0.886 bits per heavy atom. The van der Waals surface area contributed by atoms with Crippen molar-refractivity contribution < 1.29 is 4.74 Å². The highest BCUT2D eigenvalue weighted by atomic mass is 32.2. The molecule has 1 N–H and O–H groups in total. The predicted octanol–water partition coefficient (Wildman–Crippen LogP) is 5.30. The minimum Gasteiger partial charge on any atom is -0.485 e. The lowest BCUT2D eigenvalue weighted by atomic mass is 10.1. The van der Waals surface area contributed by atoms with Crippen LogP contribution in [-0.4, -0.2) is 24.7 Å². The number of H-pyrrole nitrogens is 1. The Morgan fingerprint density at radius 2 is 1.60 bits per heavy atom. The van der Waals surface area contributed by atoms with Gasteiger partial charge >= 0.3 is 0 Å². The maximum atomic E-state index is 12.6. The Balaban J connectivity index is 1.45. The van der Waals surface area contributed by atoms with Crippen LogP contribution < -0.4 is 10.3 Å². The van der Waals surface area contributed by atoms with Crippen molar-refractivity contribution in [2.24, 2.45) is 0 Å². The van der Waals surface area contributed by atoms with Crippen LogP contribution in [0.2, 0.25) is 0 Å². The number of fused-ring (bicyclic) bond motifs is 1. The Morgan fingerprint density at radius 3 is 2.37 bits per heavy atom. The summed E-state index contributed by atoms with van der Waals surface area (Å²) in [4.78, 5) is 20.2. The molecule has 35 heavy (non-hydrogen) atoms. The van der Waals surface area contributed by atoms with Gasteiger partial charge in [0, 0.05) is 5.69 Å².